The van der Waals surface area contributed by atoms with Crippen molar-refractivity contribution in [2.24, 2.45) is 0 Å². The number of hydrogen-bond acceptors (Lipinski definition) is 3. The second-order valence-electron chi connectivity index (χ2n) is 12.5. The van der Waals surface area contributed by atoms with Crippen LogP contribution in [0, 0.1) is 0 Å². The number of fused-ring (bicyclic) bond motifs is 10. The lowest BCUT2D eigenvalue weighted by molar-refractivity contribution is 0.225. The highest BCUT2D eigenvalue weighted by Gasteiger charge is 2.33. The van der Waals surface area contributed by atoms with Crippen molar-refractivity contribution < 1.29 is 4.74 Å². The number of hydrogen-bond donors (Lipinski definition) is 0. The van der Waals surface area contributed by atoms with Crippen molar-refractivity contribution in [2.45, 2.75) is 12.0 Å². The van der Waals surface area contributed by atoms with Crippen LogP contribution in [0.2, 0.25) is 0 Å². The van der Waals surface area contributed by atoms with Crippen LogP contribution in [0.15, 0.2) is 146 Å². The Balaban J connectivity index is 1.27. The Hall–Kier alpha value is -6.20. The van der Waals surface area contributed by atoms with Crippen molar-refractivity contribution in [2.75, 3.05) is 0 Å². The van der Waals surface area contributed by atoms with E-state index in [4.69, 9.17) is 14.7 Å². The van der Waals surface area contributed by atoms with Crippen LogP contribution in [0.4, 0.5) is 0 Å². The summed E-state index contributed by atoms with van der Waals surface area (Å²) < 4.78 is 11.1. The molecule has 1 aliphatic heterocycles. The summed E-state index contributed by atoms with van der Waals surface area (Å²) in [5.41, 5.74) is 7.57. The van der Waals surface area contributed by atoms with Gasteiger partial charge in [-0.05, 0) is 59.3 Å². The summed E-state index contributed by atoms with van der Waals surface area (Å²) in [5, 5.41) is 8.27. The monoisotopic (exact) mass is 602 g/mol. The quantitative estimate of drug-likeness (QED) is 0.198. The van der Waals surface area contributed by atoms with Gasteiger partial charge in [0.25, 0.3) is 0 Å². The van der Waals surface area contributed by atoms with Crippen molar-refractivity contribution in [3.05, 3.63) is 151 Å². The Morgan fingerprint density at radius 1 is 0.553 bits per heavy atom. The summed E-state index contributed by atoms with van der Waals surface area (Å²) >= 11 is 0. The first-order chi connectivity index (χ1) is 23.3. The molecule has 0 saturated heterocycles. The number of benzene rings is 6. The molecule has 0 saturated carbocycles. The first-order valence-electron chi connectivity index (χ1n) is 16.1. The fraction of sp³-hybridized carbons (Fsp3) is 0.0476. The first-order valence-corrected chi connectivity index (χ1v) is 16.1. The number of allylic oxidation sites excluding steroid dienone is 2. The lowest BCUT2D eigenvalue weighted by Gasteiger charge is -2.31. The smallest absolute Gasteiger partial charge is 0.235 e. The molecule has 6 aromatic carbocycles. The Labute approximate surface area is 269 Å². The van der Waals surface area contributed by atoms with Crippen LogP contribution in [-0.4, -0.2) is 25.2 Å². The third kappa shape index (κ3) is 3.38. The molecule has 5 nitrogen and oxygen atoms in total. The fourth-order valence-corrected chi connectivity index (χ4v) is 8.01. The molecule has 2 atom stereocenters. The Morgan fingerprint density at radius 2 is 1.34 bits per heavy atom. The Bertz CT molecular complexity index is 2850. The molecular formula is C42H26N4O. The van der Waals surface area contributed by atoms with Gasteiger partial charge >= 0.3 is 0 Å². The molecule has 4 heterocycles. The molecule has 47 heavy (non-hydrogen) atoms. The van der Waals surface area contributed by atoms with Crippen LogP contribution >= 0.6 is 0 Å². The number of ether oxygens (including phenoxy) is 1. The highest BCUT2D eigenvalue weighted by Crippen LogP contribution is 2.44. The molecule has 0 bridgehead atoms. The van der Waals surface area contributed by atoms with Gasteiger partial charge in [-0.15, -0.1) is 0 Å². The van der Waals surface area contributed by atoms with E-state index in [1.54, 1.807) is 0 Å². The van der Waals surface area contributed by atoms with E-state index in [-0.39, 0.29) is 12.0 Å². The molecular weight excluding hydrogens is 576 g/mol. The van der Waals surface area contributed by atoms with Gasteiger partial charge < -0.3 is 9.30 Å². The topological polar surface area (TPSA) is 44.9 Å². The zero-order chi connectivity index (χ0) is 30.6. The van der Waals surface area contributed by atoms with E-state index in [2.05, 4.69) is 143 Å². The van der Waals surface area contributed by atoms with Crippen LogP contribution in [0.25, 0.3) is 76.9 Å². The zero-order valence-corrected chi connectivity index (χ0v) is 25.2. The molecule has 220 valence electrons. The molecule has 9 aromatic rings. The van der Waals surface area contributed by atoms with Gasteiger partial charge in [-0.25, -0.2) is 9.97 Å². The molecule has 0 fully saturated rings. The van der Waals surface area contributed by atoms with E-state index < -0.39 is 0 Å². The molecule has 2 aliphatic rings. The summed E-state index contributed by atoms with van der Waals surface area (Å²) in [6, 6.07) is 43.4. The van der Waals surface area contributed by atoms with Gasteiger partial charge in [0.1, 0.15) is 11.9 Å². The molecule has 3 aromatic heterocycles. The van der Waals surface area contributed by atoms with E-state index in [1.807, 2.05) is 12.1 Å². The molecule has 2 unspecified atom stereocenters. The van der Waals surface area contributed by atoms with Crippen molar-refractivity contribution in [1.29, 1.82) is 0 Å². The van der Waals surface area contributed by atoms with Gasteiger partial charge in [0.15, 0.2) is 0 Å². The van der Waals surface area contributed by atoms with Gasteiger partial charge in [0.05, 0.1) is 44.6 Å². The van der Waals surface area contributed by atoms with Crippen LogP contribution in [0.3, 0.4) is 0 Å². The third-order valence-corrected chi connectivity index (χ3v) is 10.0. The van der Waals surface area contributed by atoms with Crippen LogP contribution in [-0.2, 0) is 0 Å². The Kier molecular flexibility index (Phi) is 4.89. The van der Waals surface area contributed by atoms with E-state index in [9.17, 15) is 0 Å². The number of rotatable bonds is 2. The molecule has 5 heteroatoms. The number of aromatic nitrogens is 4. The standard InChI is InChI=1S/C42H26N4O/c1-2-11-26-24-27(21-20-25(26)10-1)45-33-16-6-3-12-28(33)29-22-23-35-38(41(29)45)30-13-4-7-17-34(30)46(35)42-43-32-15-9-19-37-39(32)40(44-42)31-14-5-8-18-36(31)47-37/h1-24,31,36H. The van der Waals surface area contributed by atoms with Gasteiger partial charge in [0.2, 0.25) is 5.95 Å². The molecule has 11 rings (SSSR count). The minimum atomic E-state index is -0.0868. The second kappa shape index (κ2) is 9.18. The molecule has 0 spiro atoms. The molecule has 0 radical (unpaired) electrons. The van der Waals surface area contributed by atoms with Gasteiger partial charge in [-0.2, -0.15) is 0 Å². The lowest BCUT2D eigenvalue weighted by atomic mass is 9.89. The third-order valence-electron chi connectivity index (χ3n) is 10.0. The van der Waals surface area contributed by atoms with Gasteiger partial charge in [-0.3, -0.25) is 4.57 Å². The predicted octanol–water partition coefficient (Wildman–Crippen LogP) is 9.95. The van der Waals surface area contributed by atoms with Crippen LogP contribution in [0.5, 0.6) is 5.75 Å². The minimum Gasteiger partial charge on any atom is -0.485 e. The van der Waals surface area contributed by atoms with Gasteiger partial charge in [0, 0.05) is 27.2 Å². The number of para-hydroxylation sites is 2. The Morgan fingerprint density at radius 3 is 2.26 bits per heavy atom. The molecule has 0 N–H and O–H groups in total. The average molecular weight is 603 g/mol. The van der Waals surface area contributed by atoms with Crippen molar-refractivity contribution in [3.8, 4) is 17.4 Å². The summed E-state index contributed by atoms with van der Waals surface area (Å²) in [4.78, 5) is 10.6. The zero-order valence-electron chi connectivity index (χ0n) is 25.2. The largest absolute Gasteiger partial charge is 0.485 e. The fourth-order valence-electron chi connectivity index (χ4n) is 8.01. The predicted molar refractivity (Wildman–Crippen MR) is 191 cm³/mol. The SMILES string of the molecule is C1=CC2Oc3cccc4nc(-n5c6ccccc6c6c5ccc5c7ccccc7n(-c7ccc8ccccc8c7)c56)nc(c34)C2C=C1. The summed E-state index contributed by atoms with van der Waals surface area (Å²) in [6.45, 7) is 0. The van der Waals surface area contributed by atoms with Crippen LogP contribution in [0.1, 0.15) is 11.6 Å². The number of nitrogens with zero attached hydrogens (tertiary/aromatic N) is 4. The maximum Gasteiger partial charge on any atom is 0.235 e. The first kappa shape index (κ1) is 25.0. The van der Waals surface area contributed by atoms with E-state index >= 15 is 0 Å². The maximum absolute atomic E-state index is 6.41. The molecule has 0 amide bonds. The average Bonchev–Trinajstić information content (AvgIpc) is 3.64. The van der Waals surface area contributed by atoms with Crippen molar-refractivity contribution in [3.63, 3.8) is 0 Å². The van der Waals surface area contributed by atoms with E-state index in [0.29, 0.717) is 5.95 Å². The highest BCUT2D eigenvalue weighted by atomic mass is 16.5. The molecule has 1 aliphatic carbocycles. The summed E-state index contributed by atoms with van der Waals surface area (Å²) in [7, 11) is 0. The second-order valence-corrected chi connectivity index (χ2v) is 12.5. The van der Waals surface area contributed by atoms with Crippen LogP contribution < -0.4 is 4.74 Å². The van der Waals surface area contributed by atoms with E-state index in [1.165, 1.54) is 43.4 Å². The highest BCUT2D eigenvalue weighted by molar-refractivity contribution is 6.26. The van der Waals surface area contributed by atoms with Gasteiger partial charge in [-0.1, -0.05) is 97.1 Å². The van der Waals surface area contributed by atoms with E-state index in [0.717, 1.165) is 39.1 Å². The normalized spacial score (nSPS) is 16.9. The maximum atomic E-state index is 6.41. The van der Waals surface area contributed by atoms with Crippen molar-refractivity contribution in [1.82, 2.24) is 19.1 Å². The van der Waals surface area contributed by atoms with Crippen molar-refractivity contribution >= 4 is 65.3 Å². The lowest BCUT2D eigenvalue weighted by Crippen LogP contribution is -2.28. The summed E-state index contributed by atoms with van der Waals surface area (Å²) in [5.74, 6) is 1.54. The summed E-state index contributed by atoms with van der Waals surface area (Å²) in [6.07, 6.45) is 8.38. The minimum absolute atomic E-state index is 0.0226.